The Morgan fingerprint density at radius 1 is 0.686 bits per heavy atom. The van der Waals surface area contributed by atoms with Crippen molar-refractivity contribution in [3.63, 3.8) is 0 Å². The standard InChI is InChI=1S/C37H52O14/c1-6-10-14-45-30-23(38)18-21-26(28(30)40)27-22(19-24(39)31(29(27)41)46-15-11-7-2)36(43)51-32-25(20-49-35(21)42)50-37(44-5)34(48-17-13-9-4)33(32)47-16-12-8-3/h18-19,25,32-34,37-41H,6-17,20H2,1-5H3/t25?,32-,33+,34?,37-/m1/s1. The van der Waals surface area contributed by atoms with E-state index in [4.69, 9.17) is 37.9 Å². The molecule has 0 radical (unpaired) electrons. The molecule has 0 aliphatic carbocycles. The quantitative estimate of drug-likeness (QED) is 0.110. The predicted molar refractivity (Wildman–Crippen MR) is 184 cm³/mol. The van der Waals surface area contributed by atoms with Gasteiger partial charge in [-0.2, -0.15) is 0 Å². The number of carbonyl (C=O) groups excluding carboxylic acids is 2. The molecule has 14 nitrogen and oxygen atoms in total. The van der Waals surface area contributed by atoms with E-state index in [1.807, 2.05) is 27.7 Å². The smallest absolute Gasteiger partial charge is 0.339 e. The van der Waals surface area contributed by atoms with Gasteiger partial charge in [-0.05, 0) is 37.8 Å². The molecule has 2 aliphatic rings. The van der Waals surface area contributed by atoms with Gasteiger partial charge in [-0.15, -0.1) is 0 Å². The van der Waals surface area contributed by atoms with Crippen molar-refractivity contribution in [1.82, 2.24) is 0 Å². The van der Waals surface area contributed by atoms with Crippen LogP contribution in [0.1, 0.15) is 99.8 Å². The monoisotopic (exact) mass is 720 g/mol. The number of unbranched alkanes of at least 4 members (excludes halogenated alkanes) is 4. The van der Waals surface area contributed by atoms with Crippen LogP contribution < -0.4 is 9.47 Å². The molecular weight excluding hydrogens is 668 g/mol. The van der Waals surface area contributed by atoms with Gasteiger partial charge in [0.15, 0.2) is 35.4 Å². The molecule has 2 heterocycles. The summed E-state index contributed by atoms with van der Waals surface area (Å²) in [6, 6.07) is 2.04. The highest BCUT2D eigenvalue weighted by Gasteiger charge is 2.51. The number of ether oxygens (including phenoxy) is 8. The molecule has 0 saturated carbocycles. The molecule has 4 rings (SSSR count). The molecule has 0 spiro atoms. The fraction of sp³-hybridized carbons (Fsp3) is 0.622. The van der Waals surface area contributed by atoms with E-state index in [1.165, 1.54) is 7.11 Å². The van der Waals surface area contributed by atoms with Crippen molar-refractivity contribution in [1.29, 1.82) is 0 Å². The van der Waals surface area contributed by atoms with Gasteiger partial charge in [-0.25, -0.2) is 9.59 Å². The molecule has 1 saturated heterocycles. The van der Waals surface area contributed by atoms with Crippen molar-refractivity contribution in [2.75, 3.05) is 40.1 Å². The van der Waals surface area contributed by atoms with Gasteiger partial charge in [-0.1, -0.05) is 53.4 Å². The molecule has 0 bridgehead atoms. The minimum atomic E-state index is -1.24. The first-order valence-corrected chi connectivity index (χ1v) is 17.9. The maximum absolute atomic E-state index is 14.4. The van der Waals surface area contributed by atoms with Crippen LogP contribution in [0.3, 0.4) is 0 Å². The van der Waals surface area contributed by atoms with Crippen molar-refractivity contribution >= 4 is 11.9 Å². The number of benzene rings is 2. The van der Waals surface area contributed by atoms with Gasteiger partial charge in [0.2, 0.25) is 11.5 Å². The molecule has 0 amide bonds. The maximum Gasteiger partial charge on any atom is 0.339 e. The van der Waals surface area contributed by atoms with E-state index in [0.29, 0.717) is 25.9 Å². The van der Waals surface area contributed by atoms with Crippen LogP contribution in [0.4, 0.5) is 0 Å². The van der Waals surface area contributed by atoms with Crippen LogP contribution in [-0.4, -0.2) is 103 Å². The number of fused-ring (bicyclic) bond motifs is 4. The van der Waals surface area contributed by atoms with Crippen LogP contribution in [0.15, 0.2) is 12.1 Å². The molecule has 0 aromatic heterocycles. The Balaban J connectivity index is 1.95. The van der Waals surface area contributed by atoms with Gasteiger partial charge in [0.25, 0.3) is 0 Å². The summed E-state index contributed by atoms with van der Waals surface area (Å²) in [6.45, 7) is 8.21. The number of hydrogen-bond acceptors (Lipinski definition) is 14. The Morgan fingerprint density at radius 2 is 1.16 bits per heavy atom. The zero-order valence-corrected chi connectivity index (χ0v) is 30.1. The molecule has 2 aromatic carbocycles. The van der Waals surface area contributed by atoms with E-state index >= 15 is 0 Å². The number of esters is 2. The third-order valence-corrected chi connectivity index (χ3v) is 8.71. The third kappa shape index (κ3) is 9.09. The molecule has 2 aromatic rings. The topological polar surface area (TPSA) is 189 Å². The largest absolute Gasteiger partial charge is 0.504 e. The van der Waals surface area contributed by atoms with E-state index in [0.717, 1.165) is 44.2 Å². The summed E-state index contributed by atoms with van der Waals surface area (Å²) < 4.78 is 47.6. The SMILES string of the molecule is CCCCOc1c(O)cc2c(c1O)-c1c(cc(O)c(OCCCC)c1O)C(=O)O[C@@H]1C(COC2=O)O[C@@H](OC)C(OCCCC)[C@H]1OCCCC. The fourth-order valence-corrected chi connectivity index (χ4v) is 5.88. The Morgan fingerprint density at radius 3 is 1.65 bits per heavy atom. The minimum absolute atomic E-state index is 0.0979. The highest BCUT2D eigenvalue weighted by Crippen LogP contribution is 2.53. The second kappa shape index (κ2) is 19.0. The second-order valence-corrected chi connectivity index (χ2v) is 12.5. The van der Waals surface area contributed by atoms with Gasteiger partial charge < -0.3 is 58.3 Å². The van der Waals surface area contributed by atoms with Crippen molar-refractivity contribution < 1.29 is 67.9 Å². The second-order valence-electron chi connectivity index (χ2n) is 12.5. The van der Waals surface area contributed by atoms with Gasteiger partial charge in [0, 0.05) is 31.5 Å². The molecule has 284 valence electrons. The molecule has 14 heteroatoms. The van der Waals surface area contributed by atoms with Crippen LogP contribution in [0.2, 0.25) is 0 Å². The number of phenolic OH excluding ortho intramolecular Hbond substituents is 4. The van der Waals surface area contributed by atoms with E-state index < -0.39 is 100 Å². The third-order valence-electron chi connectivity index (χ3n) is 8.71. The number of hydrogen-bond donors (Lipinski definition) is 4. The van der Waals surface area contributed by atoms with E-state index in [1.54, 1.807) is 0 Å². The lowest BCUT2D eigenvalue weighted by atomic mass is 9.91. The molecule has 1 fully saturated rings. The molecule has 2 unspecified atom stereocenters. The first-order chi connectivity index (χ1) is 24.6. The summed E-state index contributed by atoms with van der Waals surface area (Å²) in [7, 11) is 1.43. The average molecular weight is 721 g/mol. The highest BCUT2D eigenvalue weighted by atomic mass is 16.7. The lowest BCUT2D eigenvalue weighted by Gasteiger charge is -2.44. The van der Waals surface area contributed by atoms with Crippen molar-refractivity contribution in [2.24, 2.45) is 0 Å². The number of cyclic esters (lactones) is 1. The molecular formula is C37H52O14. The van der Waals surface area contributed by atoms with Crippen molar-refractivity contribution in [2.45, 2.75) is 110 Å². The average Bonchev–Trinajstić information content (AvgIpc) is 3.12. The normalized spacial score (nSPS) is 21.8. The molecule has 51 heavy (non-hydrogen) atoms. The van der Waals surface area contributed by atoms with Crippen molar-refractivity contribution in [3.05, 3.63) is 23.3 Å². The van der Waals surface area contributed by atoms with Crippen LogP contribution >= 0.6 is 0 Å². The predicted octanol–water partition coefficient (Wildman–Crippen LogP) is 5.97. The first kappa shape index (κ1) is 39.8. The molecule has 2 aliphatic heterocycles. The first-order valence-electron chi connectivity index (χ1n) is 17.9. The summed E-state index contributed by atoms with van der Waals surface area (Å²) in [5, 5.41) is 45.4. The van der Waals surface area contributed by atoms with Gasteiger partial charge >= 0.3 is 11.9 Å². The maximum atomic E-state index is 14.4. The van der Waals surface area contributed by atoms with Crippen LogP contribution in [-0.2, 0) is 28.4 Å². The number of carbonyl (C=O) groups is 2. The summed E-state index contributed by atoms with van der Waals surface area (Å²) in [6.07, 6.45) is 0.526. The summed E-state index contributed by atoms with van der Waals surface area (Å²) in [5.74, 6) is -5.59. The van der Waals surface area contributed by atoms with E-state index in [2.05, 4.69) is 0 Å². The van der Waals surface area contributed by atoms with Crippen LogP contribution in [0.5, 0.6) is 34.5 Å². The minimum Gasteiger partial charge on any atom is -0.504 e. The fourth-order valence-electron chi connectivity index (χ4n) is 5.88. The zero-order chi connectivity index (χ0) is 37.1. The van der Waals surface area contributed by atoms with Gasteiger partial charge in [-0.3, -0.25) is 0 Å². The van der Waals surface area contributed by atoms with Crippen LogP contribution in [0.25, 0.3) is 11.1 Å². The Bertz CT molecular complexity index is 1480. The lowest BCUT2D eigenvalue weighted by molar-refractivity contribution is -0.309. The Hall–Kier alpha value is -3.98. The number of methoxy groups -OCH3 is 1. The van der Waals surface area contributed by atoms with Crippen molar-refractivity contribution in [3.8, 4) is 45.6 Å². The number of aromatic hydroxyl groups is 4. The summed E-state index contributed by atoms with van der Waals surface area (Å²) in [4.78, 5) is 28.3. The molecule has 4 N–H and O–H groups in total. The van der Waals surface area contributed by atoms with E-state index in [-0.39, 0.29) is 25.6 Å². The summed E-state index contributed by atoms with van der Waals surface area (Å²) >= 11 is 0. The number of rotatable bonds is 17. The van der Waals surface area contributed by atoms with E-state index in [9.17, 15) is 30.0 Å². The van der Waals surface area contributed by atoms with Crippen LogP contribution in [0, 0.1) is 0 Å². The Kier molecular flexibility index (Phi) is 14.8. The number of phenols is 4. The highest BCUT2D eigenvalue weighted by molar-refractivity contribution is 6.08. The van der Waals surface area contributed by atoms with Gasteiger partial charge in [0.05, 0.1) is 24.3 Å². The Labute approximate surface area is 298 Å². The van der Waals surface area contributed by atoms with Gasteiger partial charge in [0.1, 0.15) is 24.9 Å². The molecule has 5 atom stereocenters. The lowest BCUT2D eigenvalue weighted by Crippen LogP contribution is -2.62. The zero-order valence-electron chi connectivity index (χ0n) is 30.1. The summed E-state index contributed by atoms with van der Waals surface area (Å²) in [5.41, 5.74) is -1.69.